The predicted octanol–water partition coefficient (Wildman–Crippen LogP) is 2.95. The summed E-state index contributed by atoms with van der Waals surface area (Å²) in [6, 6.07) is 12.4. The highest BCUT2D eigenvalue weighted by molar-refractivity contribution is 5.80. The summed E-state index contributed by atoms with van der Waals surface area (Å²) < 4.78 is 5.56. The highest BCUT2D eigenvalue weighted by atomic mass is 16.5. The van der Waals surface area contributed by atoms with Crippen LogP contribution in [-0.4, -0.2) is 80.3 Å². The molecule has 2 fully saturated rings. The van der Waals surface area contributed by atoms with Crippen molar-refractivity contribution in [2.45, 2.75) is 64.7 Å². The van der Waals surface area contributed by atoms with Gasteiger partial charge in [0.1, 0.15) is 0 Å². The maximum atomic E-state index is 5.56. The molecular formula is C25H43N5O. The number of likely N-dealkylation sites (tertiary alicyclic amines) is 1. The maximum Gasteiger partial charge on any atom is 0.191 e. The molecule has 3 unspecified atom stereocenters. The fraction of sp³-hybridized carbons (Fsp3) is 0.720. The van der Waals surface area contributed by atoms with Gasteiger partial charge in [-0.05, 0) is 37.7 Å². The molecule has 0 amide bonds. The van der Waals surface area contributed by atoms with Crippen LogP contribution < -0.4 is 10.6 Å². The van der Waals surface area contributed by atoms with E-state index in [1.807, 2.05) is 7.05 Å². The van der Waals surface area contributed by atoms with Crippen molar-refractivity contribution >= 4 is 5.96 Å². The second-order valence-electron chi connectivity index (χ2n) is 9.56. The van der Waals surface area contributed by atoms with Crippen molar-refractivity contribution in [3.63, 3.8) is 0 Å². The Labute approximate surface area is 189 Å². The second kappa shape index (κ2) is 12.4. The lowest BCUT2D eigenvalue weighted by Crippen LogP contribution is -2.54. The average molecular weight is 430 g/mol. The maximum absolute atomic E-state index is 5.56. The first-order valence-electron chi connectivity index (χ1n) is 12.1. The van der Waals surface area contributed by atoms with Crippen LogP contribution in [0.5, 0.6) is 0 Å². The average Bonchev–Trinajstić information content (AvgIpc) is 2.78. The van der Waals surface area contributed by atoms with Gasteiger partial charge in [0.15, 0.2) is 5.96 Å². The number of aliphatic imine (C=N–C) groups is 1. The first-order chi connectivity index (χ1) is 15.0. The number of nitrogens with one attached hydrogen (secondary N) is 2. The number of rotatable bonds is 8. The lowest BCUT2D eigenvalue weighted by molar-refractivity contribution is 0.0132. The van der Waals surface area contributed by atoms with Crippen molar-refractivity contribution in [2.24, 2.45) is 10.9 Å². The number of piperidine rings is 1. The van der Waals surface area contributed by atoms with Gasteiger partial charge in [0.05, 0.1) is 13.2 Å². The van der Waals surface area contributed by atoms with Gasteiger partial charge in [0, 0.05) is 57.9 Å². The fourth-order valence-corrected chi connectivity index (χ4v) is 4.86. The predicted molar refractivity (Wildman–Crippen MR) is 129 cm³/mol. The van der Waals surface area contributed by atoms with Crippen LogP contribution in [0.25, 0.3) is 0 Å². The summed E-state index contributed by atoms with van der Waals surface area (Å²) in [5.41, 5.74) is 1.40. The number of benzene rings is 1. The van der Waals surface area contributed by atoms with E-state index in [4.69, 9.17) is 4.74 Å². The molecule has 31 heavy (non-hydrogen) atoms. The lowest BCUT2D eigenvalue weighted by Gasteiger charge is -2.39. The number of morpholine rings is 1. The zero-order valence-electron chi connectivity index (χ0n) is 20.0. The van der Waals surface area contributed by atoms with E-state index in [2.05, 4.69) is 76.5 Å². The number of hydrogen-bond acceptors (Lipinski definition) is 4. The van der Waals surface area contributed by atoms with Gasteiger partial charge in [-0.2, -0.15) is 0 Å². The highest BCUT2D eigenvalue weighted by Crippen LogP contribution is 2.20. The van der Waals surface area contributed by atoms with Gasteiger partial charge in [-0.3, -0.25) is 14.8 Å². The summed E-state index contributed by atoms with van der Waals surface area (Å²) >= 11 is 0. The molecule has 0 saturated carbocycles. The first kappa shape index (κ1) is 24.0. The molecule has 6 heteroatoms. The van der Waals surface area contributed by atoms with E-state index in [1.54, 1.807) is 0 Å². The molecule has 0 radical (unpaired) electrons. The van der Waals surface area contributed by atoms with Gasteiger partial charge < -0.3 is 15.4 Å². The monoisotopic (exact) mass is 429 g/mol. The minimum atomic E-state index is 0.472. The molecule has 2 N–H and O–H groups in total. The Kier molecular flexibility index (Phi) is 9.62. The van der Waals surface area contributed by atoms with E-state index >= 15 is 0 Å². The van der Waals surface area contributed by atoms with E-state index in [9.17, 15) is 0 Å². The fourth-order valence-electron chi connectivity index (χ4n) is 4.86. The molecule has 6 nitrogen and oxygen atoms in total. The van der Waals surface area contributed by atoms with E-state index in [0.717, 1.165) is 64.7 Å². The molecule has 2 aliphatic rings. The third kappa shape index (κ3) is 7.78. The SMILES string of the molecule is CN=C(NCC(CC(C)C)N1CCOCC1)NC1CCN(Cc2ccccc2)C(C)C1. The molecule has 174 valence electrons. The van der Waals surface area contributed by atoms with Crippen LogP contribution in [0.2, 0.25) is 0 Å². The standard InChI is InChI=1S/C25H43N5O/c1-20(2)16-24(29-12-14-31-15-13-29)18-27-25(26-4)28-23-10-11-30(21(3)17-23)19-22-8-6-5-7-9-22/h5-9,20-21,23-24H,10-19H2,1-4H3,(H2,26,27,28). The second-order valence-corrected chi connectivity index (χ2v) is 9.56. The third-order valence-corrected chi connectivity index (χ3v) is 6.62. The molecule has 0 spiro atoms. The summed E-state index contributed by atoms with van der Waals surface area (Å²) in [5.74, 6) is 1.62. The summed E-state index contributed by atoms with van der Waals surface area (Å²) in [5, 5.41) is 7.33. The molecule has 3 rings (SSSR count). The molecule has 1 aromatic carbocycles. The van der Waals surface area contributed by atoms with Crippen molar-refractivity contribution in [3.8, 4) is 0 Å². The van der Waals surface area contributed by atoms with Crippen LogP contribution in [0.3, 0.4) is 0 Å². The van der Waals surface area contributed by atoms with Crippen molar-refractivity contribution in [3.05, 3.63) is 35.9 Å². The Hall–Kier alpha value is -1.63. The van der Waals surface area contributed by atoms with Crippen LogP contribution in [0.15, 0.2) is 35.3 Å². The number of nitrogens with zero attached hydrogens (tertiary/aromatic N) is 3. The molecule has 2 heterocycles. The van der Waals surface area contributed by atoms with Gasteiger partial charge in [-0.1, -0.05) is 44.2 Å². The van der Waals surface area contributed by atoms with E-state index < -0.39 is 0 Å². The molecule has 2 aliphatic heterocycles. The van der Waals surface area contributed by atoms with Crippen LogP contribution in [-0.2, 0) is 11.3 Å². The van der Waals surface area contributed by atoms with Crippen molar-refractivity contribution in [1.82, 2.24) is 20.4 Å². The van der Waals surface area contributed by atoms with Gasteiger partial charge in [-0.15, -0.1) is 0 Å². The molecular weight excluding hydrogens is 386 g/mol. The van der Waals surface area contributed by atoms with Gasteiger partial charge in [-0.25, -0.2) is 0 Å². The Morgan fingerprint density at radius 1 is 1.16 bits per heavy atom. The Morgan fingerprint density at radius 2 is 1.90 bits per heavy atom. The lowest BCUT2D eigenvalue weighted by atomic mass is 9.97. The Balaban J connectivity index is 1.47. The first-order valence-corrected chi connectivity index (χ1v) is 12.1. The smallest absolute Gasteiger partial charge is 0.191 e. The third-order valence-electron chi connectivity index (χ3n) is 6.62. The quantitative estimate of drug-likeness (QED) is 0.492. The summed E-state index contributed by atoms with van der Waals surface area (Å²) in [6.07, 6.45) is 3.49. The Bertz CT molecular complexity index is 659. The van der Waals surface area contributed by atoms with Gasteiger partial charge in [0.2, 0.25) is 0 Å². The Morgan fingerprint density at radius 3 is 2.55 bits per heavy atom. The van der Waals surface area contributed by atoms with Gasteiger partial charge >= 0.3 is 0 Å². The topological polar surface area (TPSA) is 52.1 Å². The number of hydrogen-bond donors (Lipinski definition) is 2. The molecule has 1 aromatic rings. The largest absolute Gasteiger partial charge is 0.379 e. The van der Waals surface area contributed by atoms with E-state index in [-0.39, 0.29) is 0 Å². The normalized spacial score (nSPS) is 24.9. The van der Waals surface area contributed by atoms with Crippen molar-refractivity contribution in [1.29, 1.82) is 0 Å². The van der Waals surface area contributed by atoms with Gasteiger partial charge in [0.25, 0.3) is 0 Å². The zero-order chi connectivity index (χ0) is 22.1. The summed E-state index contributed by atoms with van der Waals surface area (Å²) in [6.45, 7) is 13.8. The minimum absolute atomic E-state index is 0.472. The number of ether oxygens (including phenoxy) is 1. The van der Waals surface area contributed by atoms with Crippen LogP contribution >= 0.6 is 0 Å². The number of guanidine groups is 1. The molecule has 3 atom stereocenters. The summed E-state index contributed by atoms with van der Waals surface area (Å²) in [7, 11) is 1.88. The van der Waals surface area contributed by atoms with E-state index in [1.165, 1.54) is 12.0 Å². The minimum Gasteiger partial charge on any atom is -0.379 e. The van der Waals surface area contributed by atoms with Crippen LogP contribution in [0.4, 0.5) is 0 Å². The molecule has 0 aliphatic carbocycles. The highest BCUT2D eigenvalue weighted by Gasteiger charge is 2.27. The summed E-state index contributed by atoms with van der Waals surface area (Å²) in [4.78, 5) is 9.70. The van der Waals surface area contributed by atoms with E-state index in [0.29, 0.717) is 24.0 Å². The van der Waals surface area contributed by atoms with Crippen molar-refractivity contribution < 1.29 is 4.74 Å². The van der Waals surface area contributed by atoms with Crippen LogP contribution in [0, 0.1) is 5.92 Å². The molecule has 2 saturated heterocycles. The van der Waals surface area contributed by atoms with Crippen molar-refractivity contribution in [2.75, 3.05) is 46.4 Å². The zero-order valence-corrected chi connectivity index (χ0v) is 20.0. The van der Waals surface area contributed by atoms with Crippen LogP contribution in [0.1, 0.15) is 45.6 Å². The molecule has 0 bridgehead atoms. The molecule has 0 aromatic heterocycles.